The lowest BCUT2D eigenvalue weighted by Gasteiger charge is -2.38. The molecule has 170 valence electrons. The summed E-state index contributed by atoms with van der Waals surface area (Å²) in [7, 11) is 1.68. The maximum Gasteiger partial charge on any atom is 0.175 e. The minimum atomic E-state index is -0.872. The molecule has 1 aliphatic carbocycles. The number of halogens is 1. The molecule has 2 unspecified atom stereocenters. The van der Waals surface area contributed by atoms with E-state index in [1.54, 1.807) is 7.11 Å². The van der Waals surface area contributed by atoms with Crippen LogP contribution in [0.4, 0.5) is 0 Å². The Bertz CT molecular complexity index is 1170. The van der Waals surface area contributed by atoms with Crippen molar-refractivity contribution < 1.29 is 14.2 Å². The minimum Gasteiger partial charge on any atom is -0.497 e. The zero-order valence-electron chi connectivity index (χ0n) is 19.3. The van der Waals surface area contributed by atoms with E-state index in [1.807, 2.05) is 66.7 Å². The Morgan fingerprint density at radius 2 is 1.36 bits per heavy atom. The summed E-state index contributed by atoms with van der Waals surface area (Å²) in [6.07, 6.45) is 7.82. The standard InChI is InChI=1S/C29H29BrO3/c1-4-21-12-6-9-15-25(21)32-27-17-11-8-14-24(27)29(20-23(31-3)18-19-28(29)30)33-26-16-10-7-13-22(26)5-2/h6-20,28H,4-5H2,1-3H3. The molecule has 0 aromatic heterocycles. The highest BCUT2D eigenvalue weighted by Gasteiger charge is 2.44. The van der Waals surface area contributed by atoms with Crippen molar-refractivity contribution in [2.75, 3.05) is 7.11 Å². The van der Waals surface area contributed by atoms with Crippen molar-refractivity contribution >= 4 is 15.9 Å². The highest BCUT2D eigenvalue weighted by Crippen LogP contribution is 2.46. The predicted molar refractivity (Wildman–Crippen MR) is 137 cm³/mol. The number of ether oxygens (including phenoxy) is 3. The van der Waals surface area contributed by atoms with Crippen molar-refractivity contribution in [3.63, 3.8) is 0 Å². The number of methoxy groups -OCH3 is 1. The molecule has 0 fully saturated rings. The Morgan fingerprint density at radius 3 is 2.03 bits per heavy atom. The number of hydrogen-bond donors (Lipinski definition) is 0. The third kappa shape index (κ3) is 4.72. The molecule has 0 aliphatic heterocycles. The molecule has 0 radical (unpaired) electrons. The van der Waals surface area contributed by atoms with Crippen LogP contribution in [0.25, 0.3) is 0 Å². The number of allylic oxidation sites excluding steroid dienone is 1. The van der Waals surface area contributed by atoms with Gasteiger partial charge in [0.1, 0.15) is 23.0 Å². The molecule has 3 aromatic carbocycles. The van der Waals surface area contributed by atoms with Crippen LogP contribution in [0.3, 0.4) is 0 Å². The van der Waals surface area contributed by atoms with Gasteiger partial charge in [-0.05, 0) is 48.2 Å². The van der Waals surface area contributed by atoms with Gasteiger partial charge < -0.3 is 14.2 Å². The predicted octanol–water partition coefficient (Wildman–Crippen LogP) is 7.74. The van der Waals surface area contributed by atoms with Crippen molar-refractivity contribution in [3.8, 4) is 17.2 Å². The van der Waals surface area contributed by atoms with Crippen LogP contribution in [0, 0.1) is 0 Å². The van der Waals surface area contributed by atoms with Crippen molar-refractivity contribution in [3.05, 3.63) is 113 Å². The van der Waals surface area contributed by atoms with Gasteiger partial charge in [0.25, 0.3) is 0 Å². The van der Waals surface area contributed by atoms with Gasteiger partial charge in [-0.25, -0.2) is 0 Å². The fourth-order valence-corrected chi connectivity index (χ4v) is 4.75. The molecule has 1 aliphatic rings. The van der Waals surface area contributed by atoms with Crippen molar-refractivity contribution in [1.29, 1.82) is 0 Å². The zero-order chi connectivity index (χ0) is 23.3. The van der Waals surface area contributed by atoms with Gasteiger partial charge in [-0.3, -0.25) is 0 Å². The maximum atomic E-state index is 6.90. The van der Waals surface area contributed by atoms with Gasteiger partial charge in [-0.15, -0.1) is 0 Å². The third-order valence-electron chi connectivity index (χ3n) is 5.95. The molecular formula is C29H29BrO3. The molecule has 3 aromatic rings. The van der Waals surface area contributed by atoms with Crippen molar-refractivity contribution in [2.24, 2.45) is 0 Å². The van der Waals surface area contributed by atoms with E-state index in [1.165, 1.54) is 0 Å². The van der Waals surface area contributed by atoms with E-state index in [4.69, 9.17) is 14.2 Å². The average Bonchev–Trinajstić information content (AvgIpc) is 2.86. The molecule has 0 amide bonds. The monoisotopic (exact) mass is 504 g/mol. The Morgan fingerprint density at radius 1 is 0.788 bits per heavy atom. The highest BCUT2D eigenvalue weighted by molar-refractivity contribution is 9.09. The number of para-hydroxylation sites is 3. The van der Waals surface area contributed by atoms with Crippen LogP contribution in [0.15, 0.2) is 96.8 Å². The first kappa shape index (κ1) is 23.2. The molecule has 2 atom stereocenters. The van der Waals surface area contributed by atoms with Crippen LogP contribution < -0.4 is 9.47 Å². The fraction of sp³-hybridized carbons (Fsp3) is 0.241. The molecule has 0 spiro atoms. The Labute approximate surface area is 204 Å². The van der Waals surface area contributed by atoms with Crippen molar-refractivity contribution in [2.45, 2.75) is 37.1 Å². The quantitative estimate of drug-likeness (QED) is 0.293. The molecule has 0 N–H and O–H groups in total. The van der Waals surface area contributed by atoms with Gasteiger partial charge in [-0.2, -0.15) is 0 Å². The average molecular weight is 505 g/mol. The largest absolute Gasteiger partial charge is 0.497 e. The first-order chi connectivity index (χ1) is 16.1. The second kappa shape index (κ2) is 10.3. The fourth-order valence-electron chi connectivity index (χ4n) is 4.13. The van der Waals surface area contributed by atoms with Gasteiger partial charge in [0.2, 0.25) is 0 Å². The summed E-state index contributed by atoms with van der Waals surface area (Å²) in [6, 6.07) is 24.4. The molecule has 0 saturated heterocycles. The zero-order valence-corrected chi connectivity index (χ0v) is 20.8. The molecule has 0 heterocycles. The van der Waals surface area contributed by atoms with Crippen molar-refractivity contribution in [1.82, 2.24) is 0 Å². The van der Waals surface area contributed by atoms with E-state index in [-0.39, 0.29) is 4.83 Å². The van der Waals surface area contributed by atoms with E-state index in [0.717, 1.165) is 52.5 Å². The number of rotatable bonds is 8. The molecular weight excluding hydrogens is 476 g/mol. The van der Waals surface area contributed by atoms with Crippen LogP contribution in [0.1, 0.15) is 30.5 Å². The lowest BCUT2D eigenvalue weighted by atomic mass is 9.85. The van der Waals surface area contributed by atoms with Gasteiger partial charge in [0.05, 0.1) is 11.9 Å². The van der Waals surface area contributed by atoms with Gasteiger partial charge in [0.15, 0.2) is 5.60 Å². The highest BCUT2D eigenvalue weighted by atomic mass is 79.9. The van der Waals surface area contributed by atoms with Crippen LogP contribution in [-0.2, 0) is 23.2 Å². The number of alkyl halides is 1. The first-order valence-electron chi connectivity index (χ1n) is 11.3. The number of hydrogen-bond acceptors (Lipinski definition) is 3. The second-order valence-corrected chi connectivity index (χ2v) is 8.91. The van der Waals surface area contributed by atoms with E-state index in [9.17, 15) is 0 Å². The molecule has 0 bridgehead atoms. The first-order valence-corrected chi connectivity index (χ1v) is 12.2. The van der Waals surface area contributed by atoms with Gasteiger partial charge in [-0.1, -0.05) is 90.5 Å². The topological polar surface area (TPSA) is 27.7 Å². The van der Waals surface area contributed by atoms with Crippen LogP contribution in [-0.4, -0.2) is 11.9 Å². The van der Waals surface area contributed by atoms with E-state index in [0.29, 0.717) is 0 Å². The molecule has 4 rings (SSSR count). The number of benzene rings is 3. The Hall–Kier alpha value is -2.98. The third-order valence-corrected chi connectivity index (χ3v) is 6.93. The van der Waals surface area contributed by atoms with E-state index < -0.39 is 5.60 Å². The Kier molecular flexibility index (Phi) is 7.24. The number of aryl methyl sites for hydroxylation is 2. The summed E-state index contributed by atoms with van der Waals surface area (Å²) in [5, 5.41) is 0. The summed E-state index contributed by atoms with van der Waals surface area (Å²) < 4.78 is 19.1. The van der Waals surface area contributed by atoms with Crippen LogP contribution in [0.5, 0.6) is 17.2 Å². The minimum absolute atomic E-state index is 0.139. The second-order valence-electron chi connectivity index (χ2n) is 7.93. The summed E-state index contributed by atoms with van der Waals surface area (Å²) >= 11 is 3.89. The normalized spacial score (nSPS) is 19.6. The molecule has 0 saturated carbocycles. The summed E-state index contributed by atoms with van der Waals surface area (Å²) in [4.78, 5) is -0.139. The smallest absolute Gasteiger partial charge is 0.175 e. The van der Waals surface area contributed by atoms with E-state index in [2.05, 4.69) is 54.1 Å². The molecule has 3 nitrogen and oxygen atoms in total. The van der Waals surface area contributed by atoms with Gasteiger partial charge in [0, 0.05) is 11.6 Å². The van der Waals surface area contributed by atoms with E-state index >= 15 is 0 Å². The lowest BCUT2D eigenvalue weighted by Crippen LogP contribution is -2.41. The SMILES string of the molecule is CCc1ccccc1Oc1ccccc1C1(Oc2ccccc2CC)C=C(OC)C=CC1Br. The molecule has 33 heavy (non-hydrogen) atoms. The maximum absolute atomic E-state index is 6.90. The van der Waals surface area contributed by atoms with Crippen LogP contribution in [0.2, 0.25) is 0 Å². The molecule has 4 heteroatoms. The summed E-state index contributed by atoms with van der Waals surface area (Å²) in [5.74, 6) is 3.18. The lowest BCUT2D eigenvalue weighted by molar-refractivity contribution is 0.117. The summed E-state index contributed by atoms with van der Waals surface area (Å²) in [5.41, 5.74) is 2.35. The van der Waals surface area contributed by atoms with Gasteiger partial charge >= 0.3 is 0 Å². The Balaban J connectivity index is 1.87. The van der Waals surface area contributed by atoms with Crippen LogP contribution >= 0.6 is 15.9 Å². The summed E-state index contributed by atoms with van der Waals surface area (Å²) in [6.45, 7) is 4.27.